The van der Waals surface area contributed by atoms with Gasteiger partial charge in [-0.3, -0.25) is 19.7 Å². The number of halogens is 1. The largest absolute Gasteiger partial charge is 0.491 e. The number of carbonyl (C=O) groups is 2. The van der Waals surface area contributed by atoms with Crippen LogP contribution in [0.5, 0.6) is 5.75 Å². The van der Waals surface area contributed by atoms with Crippen LogP contribution in [0.4, 0.5) is 21.5 Å². The minimum absolute atomic E-state index is 0.0461. The number of amides is 2. The number of nitrogens with zero attached hydrogens (tertiary/aromatic N) is 2. The molecular formula is C21H22FN3O5. The van der Waals surface area contributed by atoms with E-state index in [1.807, 2.05) is 26.0 Å². The SMILES string of the molecule is CCCOc1cc(C)ccc1NC(=O)C1CC(=O)N(c2ccc(F)c([N+](=O)[O-])c2)C1. The maximum absolute atomic E-state index is 13.6. The van der Waals surface area contributed by atoms with Crippen molar-refractivity contribution < 1.29 is 23.6 Å². The summed E-state index contributed by atoms with van der Waals surface area (Å²) < 4.78 is 19.3. The normalized spacial score (nSPS) is 15.9. The summed E-state index contributed by atoms with van der Waals surface area (Å²) in [7, 11) is 0. The fourth-order valence-corrected chi connectivity index (χ4v) is 3.24. The molecule has 0 saturated carbocycles. The second-order valence-electron chi connectivity index (χ2n) is 7.14. The molecule has 8 nitrogen and oxygen atoms in total. The van der Waals surface area contributed by atoms with E-state index >= 15 is 0 Å². The van der Waals surface area contributed by atoms with Crippen molar-refractivity contribution >= 4 is 28.9 Å². The number of benzene rings is 2. The maximum Gasteiger partial charge on any atom is 0.306 e. The second-order valence-corrected chi connectivity index (χ2v) is 7.14. The number of anilines is 2. The molecular weight excluding hydrogens is 393 g/mol. The molecule has 1 saturated heterocycles. The van der Waals surface area contributed by atoms with Gasteiger partial charge in [0, 0.05) is 19.0 Å². The fraction of sp³-hybridized carbons (Fsp3) is 0.333. The first-order chi connectivity index (χ1) is 14.3. The Morgan fingerprint density at radius 2 is 2.10 bits per heavy atom. The van der Waals surface area contributed by atoms with Gasteiger partial charge in [-0.1, -0.05) is 13.0 Å². The number of nitrogens with one attached hydrogen (secondary N) is 1. The van der Waals surface area contributed by atoms with Crippen LogP contribution >= 0.6 is 0 Å². The van der Waals surface area contributed by atoms with Crippen molar-refractivity contribution in [3.05, 3.63) is 57.9 Å². The Bertz CT molecular complexity index is 995. The molecule has 2 aromatic rings. The van der Waals surface area contributed by atoms with Crippen molar-refractivity contribution in [2.45, 2.75) is 26.7 Å². The predicted molar refractivity (Wildman–Crippen MR) is 109 cm³/mol. The zero-order valence-electron chi connectivity index (χ0n) is 16.7. The third kappa shape index (κ3) is 4.56. The van der Waals surface area contributed by atoms with Gasteiger partial charge in [0.05, 0.1) is 28.8 Å². The summed E-state index contributed by atoms with van der Waals surface area (Å²) in [5.74, 6) is -1.79. The third-order valence-corrected chi connectivity index (χ3v) is 4.79. The molecule has 2 amide bonds. The summed E-state index contributed by atoms with van der Waals surface area (Å²) in [6.07, 6.45) is 0.769. The number of aryl methyl sites for hydroxylation is 1. The van der Waals surface area contributed by atoms with E-state index in [-0.39, 0.29) is 30.5 Å². The number of ether oxygens (including phenoxy) is 1. The van der Waals surface area contributed by atoms with E-state index < -0.39 is 22.3 Å². The van der Waals surface area contributed by atoms with Gasteiger partial charge in [-0.15, -0.1) is 0 Å². The van der Waals surface area contributed by atoms with Crippen LogP contribution in [0.15, 0.2) is 36.4 Å². The minimum Gasteiger partial charge on any atom is -0.491 e. The highest BCUT2D eigenvalue weighted by atomic mass is 19.1. The van der Waals surface area contributed by atoms with Crippen LogP contribution in [0.2, 0.25) is 0 Å². The molecule has 1 atom stereocenters. The molecule has 9 heteroatoms. The van der Waals surface area contributed by atoms with Gasteiger partial charge in [0.15, 0.2) is 0 Å². The molecule has 1 heterocycles. The molecule has 2 aromatic carbocycles. The molecule has 0 aliphatic carbocycles. The van der Waals surface area contributed by atoms with Crippen LogP contribution < -0.4 is 15.0 Å². The maximum atomic E-state index is 13.6. The number of nitro benzene ring substituents is 1. The Morgan fingerprint density at radius 3 is 2.80 bits per heavy atom. The Labute approximate surface area is 172 Å². The summed E-state index contributed by atoms with van der Waals surface area (Å²) in [4.78, 5) is 36.6. The lowest BCUT2D eigenvalue weighted by Gasteiger charge is -2.17. The Morgan fingerprint density at radius 1 is 1.33 bits per heavy atom. The summed E-state index contributed by atoms with van der Waals surface area (Å²) in [5.41, 5.74) is 0.970. The predicted octanol–water partition coefficient (Wildman–Crippen LogP) is 3.82. The lowest BCUT2D eigenvalue weighted by Crippen LogP contribution is -2.28. The standard InChI is InChI=1S/C21H22FN3O5/c1-3-8-30-19-9-13(2)4-7-17(19)23-21(27)14-10-20(26)24(12-14)15-5-6-16(22)18(11-15)25(28)29/h4-7,9,11,14H,3,8,10,12H2,1-2H3,(H,23,27). The second kappa shape index (κ2) is 8.89. The van der Waals surface area contributed by atoms with Gasteiger partial charge in [-0.2, -0.15) is 4.39 Å². The Kier molecular flexibility index (Phi) is 6.29. The van der Waals surface area contributed by atoms with Gasteiger partial charge < -0.3 is 15.0 Å². The first-order valence-electron chi connectivity index (χ1n) is 9.58. The zero-order valence-corrected chi connectivity index (χ0v) is 16.7. The van der Waals surface area contributed by atoms with Crippen molar-refractivity contribution in [1.82, 2.24) is 0 Å². The number of nitro groups is 1. The number of hydrogen-bond acceptors (Lipinski definition) is 5. The Balaban J connectivity index is 1.75. The van der Waals surface area contributed by atoms with Crippen LogP contribution in [0.25, 0.3) is 0 Å². The van der Waals surface area contributed by atoms with Crippen LogP contribution in [-0.2, 0) is 9.59 Å². The third-order valence-electron chi connectivity index (χ3n) is 4.79. The zero-order chi connectivity index (χ0) is 21.8. The van der Waals surface area contributed by atoms with E-state index in [1.54, 1.807) is 6.07 Å². The van der Waals surface area contributed by atoms with E-state index in [2.05, 4.69) is 5.32 Å². The van der Waals surface area contributed by atoms with Crippen LogP contribution in [0.1, 0.15) is 25.3 Å². The molecule has 0 aromatic heterocycles. The average Bonchev–Trinajstić information content (AvgIpc) is 3.10. The first-order valence-corrected chi connectivity index (χ1v) is 9.58. The minimum atomic E-state index is -0.983. The molecule has 1 aliphatic rings. The molecule has 3 rings (SSSR count). The van der Waals surface area contributed by atoms with Crippen molar-refractivity contribution in [3.8, 4) is 5.75 Å². The van der Waals surface area contributed by atoms with Crippen LogP contribution in [0.3, 0.4) is 0 Å². The molecule has 1 N–H and O–H groups in total. The smallest absolute Gasteiger partial charge is 0.306 e. The summed E-state index contributed by atoms with van der Waals surface area (Å²) >= 11 is 0. The lowest BCUT2D eigenvalue weighted by atomic mass is 10.1. The highest BCUT2D eigenvalue weighted by Crippen LogP contribution is 2.31. The molecule has 1 fully saturated rings. The van der Waals surface area contributed by atoms with Crippen LogP contribution in [-0.4, -0.2) is 29.9 Å². The summed E-state index contributed by atoms with van der Waals surface area (Å²) in [6.45, 7) is 4.45. The van der Waals surface area contributed by atoms with Gasteiger partial charge in [-0.05, 0) is 43.2 Å². The number of rotatable bonds is 7. The van der Waals surface area contributed by atoms with Gasteiger partial charge in [0.1, 0.15) is 5.75 Å². The van der Waals surface area contributed by atoms with Crippen molar-refractivity contribution in [2.24, 2.45) is 5.92 Å². The van der Waals surface area contributed by atoms with E-state index in [4.69, 9.17) is 4.74 Å². The first kappa shape index (κ1) is 21.2. The number of hydrogen-bond donors (Lipinski definition) is 1. The van der Waals surface area contributed by atoms with Crippen molar-refractivity contribution in [3.63, 3.8) is 0 Å². The molecule has 158 valence electrons. The summed E-state index contributed by atoms with van der Waals surface area (Å²) in [5, 5.41) is 13.8. The van der Waals surface area contributed by atoms with E-state index in [0.29, 0.717) is 18.0 Å². The van der Waals surface area contributed by atoms with Gasteiger partial charge in [-0.25, -0.2) is 0 Å². The highest BCUT2D eigenvalue weighted by Gasteiger charge is 2.36. The topological polar surface area (TPSA) is 102 Å². The molecule has 0 spiro atoms. The molecule has 0 radical (unpaired) electrons. The van der Waals surface area contributed by atoms with Gasteiger partial charge >= 0.3 is 5.69 Å². The highest BCUT2D eigenvalue weighted by molar-refractivity contribution is 6.04. The van der Waals surface area contributed by atoms with E-state index in [0.717, 1.165) is 24.1 Å². The quantitative estimate of drug-likeness (QED) is 0.547. The van der Waals surface area contributed by atoms with Crippen molar-refractivity contribution in [2.75, 3.05) is 23.4 Å². The van der Waals surface area contributed by atoms with Crippen LogP contribution in [0, 0.1) is 28.8 Å². The summed E-state index contributed by atoms with van der Waals surface area (Å²) in [6, 6.07) is 8.66. The van der Waals surface area contributed by atoms with Gasteiger partial charge in [0.25, 0.3) is 0 Å². The molecule has 1 unspecified atom stereocenters. The van der Waals surface area contributed by atoms with Crippen molar-refractivity contribution in [1.29, 1.82) is 0 Å². The van der Waals surface area contributed by atoms with E-state index in [9.17, 15) is 24.1 Å². The van der Waals surface area contributed by atoms with E-state index in [1.165, 1.54) is 11.0 Å². The number of carbonyl (C=O) groups excluding carboxylic acids is 2. The monoisotopic (exact) mass is 415 g/mol. The fourth-order valence-electron chi connectivity index (χ4n) is 3.24. The molecule has 1 aliphatic heterocycles. The van der Waals surface area contributed by atoms with Gasteiger partial charge in [0.2, 0.25) is 17.6 Å². The Hall–Kier alpha value is -3.49. The molecule has 30 heavy (non-hydrogen) atoms. The average molecular weight is 415 g/mol. The molecule has 0 bridgehead atoms. The lowest BCUT2D eigenvalue weighted by molar-refractivity contribution is -0.387.